The molecule has 1 saturated heterocycles. The Hall–Kier alpha value is -1.40. The number of piperazine rings is 1. The number of nitrogens with zero attached hydrogens (tertiary/aromatic N) is 4. The maximum Gasteiger partial charge on any atom is 0.146 e. The highest BCUT2D eigenvalue weighted by Crippen LogP contribution is 2.14. The number of hydrogen-bond donors (Lipinski definition) is 2. The van der Waals surface area contributed by atoms with Gasteiger partial charge in [0.05, 0.1) is 0 Å². The van der Waals surface area contributed by atoms with Crippen molar-refractivity contribution in [2.75, 3.05) is 50.5 Å². The molecule has 1 aromatic rings. The zero-order valence-electron chi connectivity index (χ0n) is 12.8. The molecule has 6 heteroatoms. The molecule has 0 amide bonds. The Balaban J connectivity index is 2.05. The van der Waals surface area contributed by atoms with Gasteiger partial charge < -0.3 is 15.6 Å². The lowest BCUT2D eigenvalue weighted by atomic mass is 10.3. The Bertz CT molecular complexity index is 390. The van der Waals surface area contributed by atoms with E-state index in [1.165, 1.54) is 0 Å². The molecule has 1 fully saturated rings. The molecular formula is C14H26N6. The molecule has 0 saturated carbocycles. The number of aryl methyl sites for hydroxylation is 1. The lowest BCUT2D eigenvalue weighted by Gasteiger charge is -2.32. The van der Waals surface area contributed by atoms with Crippen molar-refractivity contribution in [2.45, 2.75) is 26.7 Å². The molecule has 1 aliphatic heterocycles. The topological polar surface area (TPSA) is 56.3 Å². The third-order valence-corrected chi connectivity index (χ3v) is 3.38. The van der Waals surface area contributed by atoms with Crippen LogP contribution in [0.3, 0.4) is 0 Å². The van der Waals surface area contributed by atoms with Crippen molar-refractivity contribution < 1.29 is 0 Å². The van der Waals surface area contributed by atoms with Gasteiger partial charge in [0.15, 0.2) is 0 Å². The van der Waals surface area contributed by atoms with Gasteiger partial charge in [0.25, 0.3) is 0 Å². The van der Waals surface area contributed by atoms with Gasteiger partial charge in [-0.3, -0.25) is 0 Å². The molecule has 0 radical (unpaired) electrons. The van der Waals surface area contributed by atoms with Crippen LogP contribution < -0.4 is 10.7 Å². The highest BCUT2D eigenvalue weighted by Gasteiger charge is 2.14. The number of rotatable bonds is 6. The van der Waals surface area contributed by atoms with Crippen LogP contribution in [-0.4, -0.2) is 59.6 Å². The molecule has 0 bridgehead atoms. The second kappa shape index (κ2) is 7.40. The van der Waals surface area contributed by atoms with E-state index in [1.807, 2.05) is 6.07 Å². The summed E-state index contributed by atoms with van der Waals surface area (Å²) in [4.78, 5) is 11.5. The van der Waals surface area contributed by atoms with Crippen LogP contribution in [0.15, 0.2) is 6.07 Å². The van der Waals surface area contributed by atoms with Crippen molar-refractivity contribution in [3.8, 4) is 0 Å². The van der Waals surface area contributed by atoms with E-state index in [2.05, 4.69) is 51.5 Å². The van der Waals surface area contributed by atoms with E-state index < -0.39 is 0 Å². The highest BCUT2D eigenvalue weighted by molar-refractivity contribution is 5.47. The van der Waals surface area contributed by atoms with Crippen LogP contribution in [0.1, 0.15) is 26.1 Å². The number of nitrogens with one attached hydrogen (secondary N) is 2. The van der Waals surface area contributed by atoms with Crippen LogP contribution in [0, 0.1) is 0 Å². The van der Waals surface area contributed by atoms with Gasteiger partial charge in [0.1, 0.15) is 17.5 Å². The summed E-state index contributed by atoms with van der Waals surface area (Å²) in [5, 5.41) is 5.50. The van der Waals surface area contributed by atoms with E-state index in [0.29, 0.717) is 0 Å². The van der Waals surface area contributed by atoms with E-state index in [4.69, 9.17) is 0 Å². The maximum atomic E-state index is 4.60. The minimum absolute atomic E-state index is 0.872. The Labute approximate surface area is 121 Å². The number of aromatic nitrogens is 2. The smallest absolute Gasteiger partial charge is 0.146 e. The van der Waals surface area contributed by atoms with Crippen LogP contribution in [-0.2, 0) is 6.42 Å². The average molecular weight is 278 g/mol. The van der Waals surface area contributed by atoms with Gasteiger partial charge in [-0.05, 0) is 20.4 Å². The largest absolute Gasteiger partial charge is 0.370 e. The molecule has 1 aliphatic rings. The van der Waals surface area contributed by atoms with E-state index in [1.54, 1.807) is 0 Å². The van der Waals surface area contributed by atoms with Gasteiger partial charge in [-0.25, -0.2) is 15.0 Å². The Morgan fingerprint density at radius 1 is 1.10 bits per heavy atom. The Morgan fingerprint density at radius 3 is 2.45 bits per heavy atom. The van der Waals surface area contributed by atoms with Crippen molar-refractivity contribution in [3.05, 3.63) is 11.9 Å². The van der Waals surface area contributed by atoms with Gasteiger partial charge in [-0.1, -0.05) is 6.92 Å². The zero-order chi connectivity index (χ0) is 14.4. The van der Waals surface area contributed by atoms with E-state index in [-0.39, 0.29) is 0 Å². The molecule has 0 aromatic carbocycles. The lowest BCUT2D eigenvalue weighted by molar-refractivity contribution is 0.178. The van der Waals surface area contributed by atoms with Crippen LogP contribution in [0.4, 0.5) is 11.6 Å². The third-order valence-electron chi connectivity index (χ3n) is 3.38. The number of hydrogen-bond acceptors (Lipinski definition) is 6. The lowest BCUT2D eigenvalue weighted by Crippen LogP contribution is -2.47. The number of likely N-dealkylation sites (N-methyl/N-ethyl adjacent to an activating group) is 1. The van der Waals surface area contributed by atoms with Crippen LogP contribution in [0.5, 0.6) is 0 Å². The third kappa shape index (κ3) is 4.31. The summed E-state index contributed by atoms with van der Waals surface area (Å²) in [5.41, 5.74) is 3.41. The predicted molar refractivity (Wildman–Crippen MR) is 82.9 cm³/mol. The zero-order valence-corrected chi connectivity index (χ0v) is 12.8. The average Bonchev–Trinajstić information content (AvgIpc) is 2.42. The monoisotopic (exact) mass is 278 g/mol. The van der Waals surface area contributed by atoms with Gasteiger partial charge in [-0.2, -0.15) is 0 Å². The molecule has 0 aliphatic carbocycles. The first-order chi connectivity index (χ1) is 9.71. The number of anilines is 2. The standard InChI is InChI=1S/C14H26N6/c1-4-6-12-16-13(15-5-2)11-14(17-12)18-20-9-7-19(3)8-10-20/h11H,4-10H2,1-3H3,(H2,15,16,17,18). The van der Waals surface area contributed by atoms with Gasteiger partial charge >= 0.3 is 0 Å². The van der Waals surface area contributed by atoms with E-state index >= 15 is 0 Å². The van der Waals surface area contributed by atoms with E-state index in [9.17, 15) is 0 Å². The van der Waals surface area contributed by atoms with Crippen LogP contribution in [0.25, 0.3) is 0 Å². The molecule has 2 N–H and O–H groups in total. The van der Waals surface area contributed by atoms with Crippen molar-refractivity contribution >= 4 is 11.6 Å². The minimum atomic E-state index is 0.872. The van der Waals surface area contributed by atoms with Gasteiger partial charge in [0.2, 0.25) is 0 Å². The minimum Gasteiger partial charge on any atom is -0.370 e. The molecule has 112 valence electrons. The molecule has 0 unspecified atom stereocenters. The second-order valence-electron chi connectivity index (χ2n) is 5.24. The van der Waals surface area contributed by atoms with Crippen molar-refractivity contribution in [3.63, 3.8) is 0 Å². The summed E-state index contributed by atoms with van der Waals surface area (Å²) in [6.45, 7) is 9.29. The summed E-state index contributed by atoms with van der Waals surface area (Å²) in [5.74, 6) is 2.70. The number of hydrazine groups is 1. The van der Waals surface area contributed by atoms with Gasteiger partial charge in [0, 0.05) is 45.2 Å². The van der Waals surface area contributed by atoms with Crippen LogP contribution >= 0.6 is 0 Å². The molecule has 1 aromatic heterocycles. The molecule has 6 nitrogen and oxygen atoms in total. The highest BCUT2D eigenvalue weighted by atomic mass is 15.5. The molecule has 2 rings (SSSR count). The SMILES string of the molecule is CCCc1nc(NCC)cc(NN2CCN(C)CC2)n1. The molecule has 20 heavy (non-hydrogen) atoms. The van der Waals surface area contributed by atoms with Crippen LogP contribution in [0.2, 0.25) is 0 Å². The first-order valence-corrected chi connectivity index (χ1v) is 7.53. The summed E-state index contributed by atoms with van der Waals surface area (Å²) >= 11 is 0. The van der Waals surface area contributed by atoms with E-state index in [0.717, 1.165) is 63.0 Å². The Kier molecular flexibility index (Phi) is 5.55. The fourth-order valence-corrected chi connectivity index (χ4v) is 2.24. The van der Waals surface area contributed by atoms with Gasteiger partial charge in [-0.15, -0.1) is 0 Å². The van der Waals surface area contributed by atoms with Crippen molar-refractivity contribution in [1.82, 2.24) is 19.9 Å². The maximum absolute atomic E-state index is 4.60. The summed E-state index contributed by atoms with van der Waals surface area (Å²) in [6.07, 6.45) is 1.97. The second-order valence-corrected chi connectivity index (χ2v) is 5.24. The summed E-state index contributed by atoms with van der Waals surface area (Å²) < 4.78 is 0. The fraction of sp³-hybridized carbons (Fsp3) is 0.714. The first kappa shape index (κ1) is 15.0. The predicted octanol–water partition coefficient (Wildman–Crippen LogP) is 1.44. The quantitative estimate of drug-likeness (QED) is 0.821. The Morgan fingerprint density at radius 2 is 1.80 bits per heavy atom. The normalized spacial score (nSPS) is 17.1. The molecule has 0 spiro atoms. The summed E-state index contributed by atoms with van der Waals surface area (Å²) in [7, 11) is 2.16. The molecule has 0 atom stereocenters. The molecule has 2 heterocycles. The first-order valence-electron chi connectivity index (χ1n) is 7.53. The van der Waals surface area contributed by atoms with Crippen molar-refractivity contribution in [1.29, 1.82) is 0 Å². The van der Waals surface area contributed by atoms with Crippen molar-refractivity contribution in [2.24, 2.45) is 0 Å². The fourth-order valence-electron chi connectivity index (χ4n) is 2.24. The summed E-state index contributed by atoms with van der Waals surface area (Å²) in [6, 6.07) is 1.99. The molecular weight excluding hydrogens is 252 g/mol.